The summed E-state index contributed by atoms with van der Waals surface area (Å²) < 4.78 is 5.49. The van der Waals surface area contributed by atoms with Crippen molar-refractivity contribution in [3.8, 4) is 0 Å². The van der Waals surface area contributed by atoms with E-state index in [1.165, 1.54) is 0 Å². The zero-order chi connectivity index (χ0) is 30.6. The molecule has 10 nitrogen and oxygen atoms in total. The Balaban J connectivity index is 1.38. The predicted octanol–water partition coefficient (Wildman–Crippen LogP) is 2.36. The van der Waals surface area contributed by atoms with Gasteiger partial charge in [0.1, 0.15) is 12.1 Å². The summed E-state index contributed by atoms with van der Waals surface area (Å²) in [6.45, 7) is 10.6. The van der Waals surface area contributed by atoms with Crippen molar-refractivity contribution >= 4 is 29.6 Å². The Morgan fingerprint density at radius 1 is 1.05 bits per heavy atom. The number of nitrogens with zero attached hydrogens (tertiary/aromatic N) is 1. The van der Waals surface area contributed by atoms with E-state index in [4.69, 9.17) is 10.5 Å². The minimum absolute atomic E-state index is 0.0963. The molecule has 228 valence electrons. The van der Waals surface area contributed by atoms with Crippen molar-refractivity contribution in [3.63, 3.8) is 0 Å². The molecule has 0 aromatic heterocycles. The second-order valence-corrected chi connectivity index (χ2v) is 14.6. The van der Waals surface area contributed by atoms with Crippen LogP contribution in [0.15, 0.2) is 24.3 Å². The highest BCUT2D eigenvalue weighted by molar-refractivity contribution is 6.37. The smallest absolute Gasteiger partial charge is 0.407 e. The minimum Gasteiger partial charge on any atom is -0.449 e. The molecule has 10 heteroatoms. The Hall–Kier alpha value is -3.43. The largest absolute Gasteiger partial charge is 0.449 e. The number of primary amides is 1. The molecule has 0 bridgehead atoms. The lowest BCUT2D eigenvalue weighted by atomic mass is 9.93. The average Bonchev–Trinajstić information content (AvgIpc) is 3.67. The number of ketones is 1. The molecule has 0 radical (unpaired) electrons. The van der Waals surface area contributed by atoms with Gasteiger partial charge >= 0.3 is 6.09 Å². The first kappa shape index (κ1) is 30.0. The lowest BCUT2D eigenvalue weighted by Crippen LogP contribution is -2.59. The first-order valence-electron chi connectivity index (χ1n) is 15.1. The predicted molar refractivity (Wildman–Crippen MR) is 155 cm³/mol. The third kappa shape index (κ3) is 6.17. The summed E-state index contributed by atoms with van der Waals surface area (Å²) in [4.78, 5) is 67.1. The number of hydrogen-bond donors (Lipinski definition) is 3. The van der Waals surface area contributed by atoms with Gasteiger partial charge in [-0.1, -0.05) is 71.7 Å². The number of carbonyl (C=O) groups excluding carboxylic acids is 5. The Morgan fingerprint density at radius 2 is 1.67 bits per heavy atom. The molecule has 1 heterocycles. The van der Waals surface area contributed by atoms with E-state index in [1.54, 1.807) is 4.90 Å². The monoisotopic (exact) mass is 580 g/mol. The van der Waals surface area contributed by atoms with Gasteiger partial charge in [-0.25, -0.2) is 4.79 Å². The molecular formula is C32H44N4O6. The maximum Gasteiger partial charge on any atom is 0.407 e. The molecule has 1 aliphatic heterocycles. The lowest BCUT2D eigenvalue weighted by molar-refractivity contribution is -0.144. The number of ether oxygens (including phenoxy) is 1. The van der Waals surface area contributed by atoms with E-state index < -0.39 is 41.8 Å². The number of fused-ring (bicyclic) bond motifs is 2. The highest BCUT2D eigenvalue weighted by Gasteiger charge is 2.69. The molecule has 0 spiro atoms. The SMILES string of the molecule is CC(C)(C)COC(=O)NC(C(=O)N1CC2C(C1C(=O)NC(CC1CC1)C(=O)C(N)=O)C2(C)C)C1Cc2ccccc2C1. The number of carbonyl (C=O) groups is 5. The number of benzene rings is 1. The van der Waals surface area contributed by atoms with Crippen molar-refractivity contribution in [3.05, 3.63) is 35.4 Å². The average molecular weight is 581 g/mol. The maximum absolute atomic E-state index is 14.4. The van der Waals surface area contributed by atoms with E-state index in [2.05, 4.69) is 24.5 Å². The number of alkyl carbamates (subject to hydrolysis) is 1. The van der Waals surface area contributed by atoms with Crippen LogP contribution in [0.5, 0.6) is 0 Å². The van der Waals surface area contributed by atoms with E-state index in [0.29, 0.717) is 25.8 Å². The summed E-state index contributed by atoms with van der Waals surface area (Å²) in [5, 5.41) is 5.66. The van der Waals surface area contributed by atoms with Crippen molar-refractivity contribution in [1.82, 2.24) is 15.5 Å². The number of Topliss-reactive ketones (excluding diaryl/α,β-unsaturated/α-hetero) is 1. The molecule has 5 rings (SSSR count). The molecular weight excluding hydrogens is 536 g/mol. The molecule has 4 N–H and O–H groups in total. The molecule has 4 amide bonds. The molecule has 3 fully saturated rings. The van der Waals surface area contributed by atoms with Gasteiger partial charge in [-0.05, 0) is 64.9 Å². The van der Waals surface area contributed by atoms with Gasteiger partial charge in [-0.3, -0.25) is 19.2 Å². The summed E-state index contributed by atoms with van der Waals surface area (Å²) in [5.41, 5.74) is 7.18. The number of nitrogens with two attached hydrogens (primary N) is 1. The van der Waals surface area contributed by atoms with Gasteiger partial charge < -0.3 is 26.0 Å². The number of amides is 4. The quantitative estimate of drug-likeness (QED) is 0.362. The topological polar surface area (TPSA) is 148 Å². The fourth-order valence-corrected chi connectivity index (χ4v) is 7.00. The molecule has 4 aliphatic rings. The first-order valence-corrected chi connectivity index (χ1v) is 15.1. The Bertz CT molecular complexity index is 1260. The van der Waals surface area contributed by atoms with E-state index in [1.807, 2.05) is 45.0 Å². The van der Waals surface area contributed by atoms with Crippen LogP contribution in [0.25, 0.3) is 0 Å². The molecule has 2 saturated carbocycles. The summed E-state index contributed by atoms with van der Waals surface area (Å²) >= 11 is 0. The molecule has 1 aromatic carbocycles. The van der Waals surface area contributed by atoms with Crippen LogP contribution in [0.1, 0.15) is 65.0 Å². The van der Waals surface area contributed by atoms with Crippen LogP contribution < -0.4 is 16.4 Å². The molecule has 1 saturated heterocycles. The normalized spacial score (nSPS) is 25.5. The zero-order valence-corrected chi connectivity index (χ0v) is 25.3. The van der Waals surface area contributed by atoms with Crippen LogP contribution in [0.2, 0.25) is 0 Å². The Kier molecular flexibility index (Phi) is 7.87. The summed E-state index contributed by atoms with van der Waals surface area (Å²) in [6, 6.07) is 5.28. The standard InChI is InChI=1S/C32H44N4O6/c1-31(2,3)16-42-30(41)35-24(20-13-18-8-6-7-9-19(18)14-20)29(40)36-15-21-23(32(21,4)5)25(36)28(39)34-22(12-17-10-11-17)26(37)27(33)38/h6-9,17,20-25H,10-16H2,1-5H3,(H2,33,38)(H,34,39)(H,35,41). The van der Waals surface area contributed by atoms with Crippen molar-refractivity contribution in [1.29, 1.82) is 0 Å². The molecule has 3 aliphatic carbocycles. The highest BCUT2D eigenvalue weighted by atomic mass is 16.5. The van der Waals surface area contributed by atoms with Crippen LogP contribution in [0.4, 0.5) is 4.79 Å². The second kappa shape index (κ2) is 11.0. The van der Waals surface area contributed by atoms with Gasteiger partial charge in [0, 0.05) is 6.54 Å². The molecule has 5 unspecified atom stereocenters. The highest BCUT2D eigenvalue weighted by Crippen LogP contribution is 2.65. The van der Waals surface area contributed by atoms with Crippen molar-refractivity contribution in [2.75, 3.05) is 13.2 Å². The number of rotatable bonds is 10. The van der Waals surface area contributed by atoms with Crippen molar-refractivity contribution in [2.24, 2.45) is 40.2 Å². The Labute approximate surface area is 247 Å². The van der Waals surface area contributed by atoms with Gasteiger partial charge in [0.15, 0.2) is 0 Å². The van der Waals surface area contributed by atoms with Gasteiger partial charge in [0.05, 0.1) is 12.6 Å². The fraction of sp³-hybridized carbons (Fsp3) is 0.656. The number of nitrogens with one attached hydrogen (secondary N) is 2. The van der Waals surface area contributed by atoms with E-state index in [0.717, 1.165) is 24.0 Å². The van der Waals surface area contributed by atoms with Crippen molar-refractivity contribution in [2.45, 2.75) is 84.8 Å². The third-order valence-corrected chi connectivity index (χ3v) is 9.63. The number of piperidine rings is 1. The summed E-state index contributed by atoms with van der Waals surface area (Å²) in [5.74, 6) is -2.60. The first-order chi connectivity index (χ1) is 19.7. The van der Waals surface area contributed by atoms with Gasteiger partial charge in [0.25, 0.3) is 5.91 Å². The van der Waals surface area contributed by atoms with Crippen LogP contribution in [-0.2, 0) is 36.8 Å². The van der Waals surface area contributed by atoms with Crippen LogP contribution in [-0.4, -0.2) is 65.8 Å². The van der Waals surface area contributed by atoms with Gasteiger partial charge in [-0.2, -0.15) is 0 Å². The summed E-state index contributed by atoms with van der Waals surface area (Å²) in [6.07, 6.45) is 2.80. The summed E-state index contributed by atoms with van der Waals surface area (Å²) in [7, 11) is 0. The van der Waals surface area contributed by atoms with Crippen LogP contribution >= 0.6 is 0 Å². The number of likely N-dealkylation sites (tertiary alicyclic amines) is 1. The van der Waals surface area contributed by atoms with E-state index in [-0.39, 0.29) is 47.0 Å². The lowest BCUT2D eigenvalue weighted by Gasteiger charge is -2.35. The Morgan fingerprint density at radius 3 is 2.21 bits per heavy atom. The fourth-order valence-electron chi connectivity index (χ4n) is 7.00. The van der Waals surface area contributed by atoms with Crippen molar-refractivity contribution < 1.29 is 28.7 Å². The van der Waals surface area contributed by atoms with E-state index >= 15 is 0 Å². The van der Waals surface area contributed by atoms with Gasteiger partial charge in [-0.15, -0.1) is 0 Å². The van der Waals surface area contributed by atoms with Crippen LogP contribution in [0, 0.1) is 34.5 Å². The maximum atomic E-state index is 14.4. The minimum atomic E-state index is -1.08. The zero-order valence-electron chi connectivity index (χ0n) is 25.3. The molecule has 42 heavy (non-hydrogen) atoms. The van der Waals surface area contributed by atoms with Gasteiger partial charge in [0.2, 0.25) is 17.6 Å². The van der Waals surface area contributed by atoms with E-state index in [9.17, 15) is 24.0 Å². The second-order valence-electron chi connectivity index (χ2n) is 14.6. The molecule has 5 atom stereocenters. The van der Waals surface area contributed by atoms with Crippen LogP contribution in [0.3, 0.4) is 0 Å². The molecule has 1 aromatic rings. The number of hydrogen-bond acceptors (Lipinski definition) is 6. The third-order valence-electron chi connectivity index (χ3n) is 9.63.